The van der Waals surface area contributed by atoms with Crippen LogP contribution in [0, 0.1) is 0 Å². The van der Waals surface area contributed by atoms with E-state index in [-0.39, 0.29) is 6.09 Å². The number of H-pyrrole nitrogens is 1. The van der Waals surface area contributed by atoms with Crippen molar-refractivity contribution in [1.82, 2.24) is 5.32 Å². The Balaban J connectivity index is 2.07. The molecule has 0 aromatic carbocycles. The molecule has 1 heterocycles. The van der Waals surface area contributed by atoms with E-state index in [1.807, 2.05) is 45.2 Å². The first-order valence-electron chi connectivity index (χ1n) is 5.70. The van der Waals surface area contributed by atoms with E-state index < -0.39 is 5.60 Å². The van der Waals surface area contributed by atoms with E-state index in [2.05, 4.69) is 10.3 Å². The maximum Gasteiger partial charge on any atom is 0.407 e. The molecule has 0 saturated carbocycles. The van der Waals surface area contributed by atoms with Crippen molar-refractivity contribution >= 4 is 27.7 Å². The van der Waals surface area contributed by atoms with E-state index in [4.69, 9.17) is 4.74 Å². The summed E-state index contributed by atoms with van der Waals surface area (Å²) in [6.45, 7) is 6.15. The number of hydrogen-bond acceptors (Lipinski definition) is 4. The maximum absolute atomic E-state index is 11.3. The summed E-state index contributed by atoms with van der Waals surface area (Å²) < 4.78 is 5.13. The summed E-state index contributed by atoms with van der Waals surface area (Å²) in [6.07, 6.45) is 1.53. The maximum atomic E-state index is 11.3. The second-order valence-corrected chi connectivity index (χ2v) is 7.02. The number of nitrogens with one attached hydrogen (secondary N) is 2. The normalized spacial score (nSPS) is 11.1. The van der Waals surface area contributed by atoms with Crippen molar-refractivity contribution in [3.8, 4) is 0 Å². The van der Waals surface area contributed by atoms with Gasteiger partial charge in [-0.15, -0.1) is 0 Å². The summed E-state index contributed by atoms with van der Waals surface area (Å²) in [7, 11) is 3.34. The standard InChI is InChI=1S/C12H18N2O2S2/c1-12(2,3)16-11(15)14-8-9-17-18-10-6-4-5-7-13-10/h4-7H,8-9H2,1-3H3,(H,14,15)/p+1. The lowest BCUT2D eigenvalue weighted by atomic mass is 10.2. The van der Waals surface area contributed by atoms with Crippen LogP contribution in [-0.4, -0.2) is 24.0 Å². The van der Waals surface area contributed by atoms with Crippen LogP contribution in [-0.2, 0) is 4.74 Å². The largest absolute Gasteiger partial charge is 0.444 e. The molecule has 0 aliphatic rings. The number of alkyl carbamates (subject to hydrolysis) is 1. The summed E-state index contributed by atoms with van der Waals surface area (Å²) in [4.78, 5) is 14.5. The van der Waals surface area contributed by atoms with Crippen molar-refractivity contribution in [2.24, 2.45) is 0 Å². The van der Waals surface area contributed by atoms with Crippen LogP contribution >= 0.6 is 21.6 Å². The first-order valence-corrected chi connectivity index (χ1v) is 8.02. The number of hydrogen-bond donors (Lipinski definition) is 1. The summed E-state index contributed by atoms with van der Waals surface area (Å²) in [5.41, 5.74) is -0.440. The summed E-state index contributed by atoms with van der Waals surface area (Å²) in [5.74, 6) is 0.826. The molecule has 0 aliphatic heterocycles. The van der Waals surface area contributed by atoms with Gasteiger partial charge < -0.3 is 10.1 Å². The lowest BCUT2D eigenvalue weighted by molar-refractivity contribution is -0.426. The Bertz CT molecular complexity index is 366. The van der Waals surface area contributed by atoms with Gasteiger partial charge in [-0.2, -0.15) is 0 Å². The zero-order chi connectivity index (χ0) is 13.4. The molecule has 0 atom stereocenters. The Morgan fingerprint density at radius 3 is 2.83 bits per heavy atom. The predicted molar refractivity (Wildman–Crippen MR) is 75.5 cm³/mol. The predicted octanol–water partition coefficient (Wildman–Crippen LogP) is 2.77. The van der Waals surface area contributed by atoms with Gasteiger partial charge in [-0.25, -0.2) is 9.78 Å². The fraction of sp³-hybridized carbons (Fsp3) is 0.500. The SMILES string of the molecule is CC(C)(C)OC(=O)NCCSSc1cccc[nH+]1. The van der Waals surface area contributed by atoms with E-state index in [1.54, 1.807) is 21.6 Å². The van der Waals surface area contributed by atoms with Crippen molar-refractivity contribution in [2.75, 3.05) is 12.3 Å². The number of carbonyl (C=O) groups is 1. The molecule has 6 heteroatoms. The van der Waals surface area contributed by atoms with Crippen molar-refractivity contribution in [3.05, 3.63) is 24.4 Å². The van der Waals surface area contributed by atoms with Crippen LogP contribution in [0.3, 0.4) is 0 Å². The molecule has 0 spiro atoms. The second-order valence-electron chi connectivity index (χ2n) is 4.56. The molecule has 100 valence electrons. The summed E-state index contributed by atoms with van der Waals surface area (Å²) in [5, 5.41) is 3.82. The van der Waals surface area contributed by atoms with E-state index in [9.17, 15) is 4.79 Å². The van der Waals surface area contributed by atoms with Gasteiger partial charge >= 0.3 is 6.09 Å². The highest BCUT2D eigenvalue weighted by Crippen LogP contribution is 2.26. The Labute approximate surface area is 116 Å². The third-order valence-electron chi connectivity index (χ3n) is 1.68. The van der Waals surface area contributed by atoms with Crippen LogP contribution in [0.2, 0.25) is 0 Å². The van der Waals surface area contributed by atoms with Gasteiger partial charge in [-0.3, -0.25) is 0 Å². The fourth-order valence-corrected chi connectivity index (χ4v) is 2.88. The second kappa shape index (κ2) is 7.53. The van der Waals surface area contributed by atoms with E-state index >= 15 is 0 Å². The molecule has 1 amide bonds. The van der Waals surface area contributed by atoms with E-state index in [0.717, 1.165) is 10.8 Å². The van der Waals surface area contributed by atoms with Gasteiger partial charge in [0.1, 0.15) is 5.60 Å². The van der Waals surface area contributed by atoms with Crippen LogP contribution in [0.4, 0.5) is 4.79 Å². The molecule has 18 heavy (non-hydrogen) atoms. The molecule has 0 saturated heterocycles. The van der Waals surface area contributed by atoms with Gasteiger partial charge in [-0.05, 0) is 26.8 Å². The first kappa shape index (κ1) is 15.2. The minimum atomic E-state index is -0.440. The van der Waals surface area contributed by atoms with Crippen molar-refractivity contribution in [2.45, 2.75) is 31.4 Å². The van der Waals surface area contributed by atoms with Crippen LogP contribution in [0.5, 0.6) is 0 Å². The molecule has 0 bridgehead atoms. The Morgan fingerprint density at radius 2 is 2.22 bits per heavy atom. The van der Waals surface area contributed by atoms with Crippen molar-refractivity contribution < 1.29 is 14.5 Å². The average Bonchev–Trinajstić information content (AvgIpc) is 2.27. The molecule has 0 unspecified atom stereocenters. The van der Waals surface area contributed by atoms with Gasteiger partial charge in [0.05, 0.1) is 0 Å². The molecule has 0 radical (unpaired) electrons. The van der Waals surface area contributed by atoms with Gasteiger partial charge in [0, 0.05) is 35.2 Å². The highest BCUT2D eigenvalue weighted by Gasteiger charge is 2.15. The molecular formula is C12H19N2O2S2+. The minimum Gasteiger partial charge on any atom is -0.444 e. The monoisotopic (exact) mass is 287 g/mol. The van der Waals surface area contributed by atoms with Crippen molar-refractivity contribution in [3.63, 3.8) is 0 Å². The van der Waals surface area contributed by atoms with E-state index in [0.29, 0.717) is 6.54 Å². The van der Waals surface area contributed by atoms with Gasteiger partial charge in [-0.1, -0.05) is 10.8 Å². The molecular weight excluding hydrogens is 268 g/mol. The number of pyridine rings is 1. The number of amides is 1. The lowest BCUT2D eigenvalue weighted by Gasteiger charge is -2.19. The molecule has 1 rings (SSSR count). The number of rotatable bonds is 5. The summed E-state index contributed by atoms with van der Waals surface area (Å²) in [6, 6.07) is 5.94. The number of carbonyl (C=O) groups excluding carboxylic acids is 1. The molecule has 1 aromatic heterocycles. The highest BCUT2D eigenvalue weighted by atomic mass is 33.1. The Morgan fingerprint density at radius 1 is 1.44 bits per heavy atom. The number of aromatic nitrogens is 1. The lowest BCUT2D eigenvalue weighted by Crippen LogP contribution is -2.33. The molecule has 0 fully saturated rings. The van der Waals surface area contributed by atoms with Gasteiger partial charge in [0.2, 0.25) is 5.03 Å². The number of aromatic amines is 1. The third-order valence-corrected chi connectivity index (χ3v) is 4.00. The smallest absolute Gasteiger partial charge is 0.407 e. The Hall–Kier alpha value is -0.880. The van der Waals surface area contributed by atoms with Crippen LogP contribution in [0.1, 0.15) is 20.8 Å². The molecule has 2 N–H and O–H groups in total. The summed E-state index contributed by atoms with van der Waals surface area (Å²) >= 11 is 0. The van der Waals surface area contributed by atoms with Crippen LogP contribution < -0.4 is 10.3 Å². The van der Waals surface area contributed by atoms with E-state index in [1.165, 1.54) is 0 Å². The molecule has 4 nitrogen and oxygen atoms in total. The zero-order valence-electron chi connectivity index (χ0n) is 10.9. The highest BCUT2D eigenvalue weighted by molar-refractivity contribution is 8.76. The quantitative estimate of drug-likeness (QED) is 0.668. The zero-order valence-corrected chi connectivity index (χ0v) is 12.5. The van der Waals surface area contributed by atoms with Gasteiger partial charge in [0.15, 0.2) is 6.20 Å². The first-order chi connectivity index (χ1) is 8.47. The van der Waals surface area contributed by atoms with Crippen molar-refractivity contribution in [1.29, 1.82) is 0 Å². The average molecular weight is 287 g/mol. The molecule has 1 aromatic rings. The third kappa shape index (κ3) is 7.45. The molecule has 0 aliphatic carbocycles. The van der Waals surface area contributed by atoms with Gasteiger partial charge in [0.25, 0.3) is 0 Å². The number of ether oxygens (including phenoxy) is 1. The van der Waals surface area contributed by atoms with Crippen LogP contribution in [0.15, 0.2) is 29.4 Å². The minimum absolute atomic E-state index is 0.362. The Kier molecular flexibility index (Phi) is 6.35. The fourth-order valence-electron chi connectivity index (χ4n) is 1.04. The topological polar surface area (TPSA) is 52.5 Å². The van der Waals surface area contributed by atoms with Crippen LogP contribution in [0.25, 0.3) is 0 Å².